The number of hydrogen-bond acceptors (Lipinski definition) is 1. The minimum absolute atomic E-state index is 0. The standard InChI is InChI=1S/C8H15NO.Na.H/c1-4-5-6-9-8(10)7(2)3;;/h2,4-6H2,1,3H3,(H,9,10);;/q;+1;-1. The molecule has 0 aliphatic rings. The van der Waals surface area contributed by atoms with Crippen LogP contribution >= 0.6 is 0 Å². The molecule has 11 heavy (non-hydrogen) atoms. The van der Waals surface area contributed by atoms with Crippen molar-refractivity contribution in [2.45, 2.75) is 26.7 Å². The van der Waals surface area contributed by atoms with Gasteiger partial charge in [0.05, 0.1) is 0 Å². The van der Waals surface area contributed by atoms with Crippen LogP contribution in [-0.4, -0.2) is 12.5 Å². The van der Waals surface area contributed by atoms with Crippen molar-refractivity contribution >= 4 is 5.91 Å². The van der Waals surface area contributed by atoms with E-state index in [1.54, 1.807) is 6.92 Å². The van der Waals surface area contributed by atoms with Crippen molar-refractivity contribution in [3.63, 3.8) is 0 Å². The molecular formula is C8H16NNaO. The van der Waals surface area contributed by atoms with E-state index in [4.69, 9.17) is 0 Å². The zero-order chi connectivity index (χ0) is 7.98. The van der Waals surface area contributed by atoms with Crippen LogP contribution in [0.2, 0.25) is 0 Å². The molecule has 0 spiro atoms. The predicted octanol–water partition coefficient (Wildman–Crippen LogP) is -1.40. The number of unbranched alkanes of at least 4 members (excludes halogenated alkanes) is 1. The third-order valence-corrected chi connectivity index (χ3v) is 1.20. The Bertz CT molecular complexity index is 139. The Hall–Kier alpha value is 0.210. The summed E-state index contributed by atoms with van der Waals surface area (Å²) in [6.07, 6.45) is 2.15. The van der Waals surface area contributed by atoms with Gasteiger partial charge in [-0.05, 0) is 13.3 Å². The van der Waals surface area contributed by atoms with Crippen LogP contribution in [-0.2, 0) is 4.79 Å². The summed E-state index contributed by atoms with van der Waals surface area (Å²) in [6.45, 7) is 8.09. The number of amides is 1. The predicted molar refractivity (Wildman–Crippen MR) is 43.8 cm³/mol. The maximum absolute atomic E-state index is 10.8. The fourth-order valence-electron chi connectivity index (χ4n) is 0.530. The molecule has 0 fully saturated rings. The second-order valence-corrected chi connectivity index (χ2v) is 2.39. The third kappa shape index (κ3) is 8.11. The Labute approximate surface area is 92.2 Å². The van der Waals surface area contributed by atoms with Crippen LogP contribution in [0.25, 0.3) is 0 Å². The Morgan fingerprint density at radius 3 is 2.55 bits per heavy atom. The van der Waals surface area contributed by atoms with E-state index in [9.17, 15) is 4.79 Å². The molecular weight excluding hydrogens is 149 g/mol. The van der Waals surface area contributed by atoms with E-state index in [-0.39, 0.29) is 36.9 Å². The van der Waals surface area contributed by atoms with Gasteiger partial charge in [-0.15, -0.1) is 0 Å². The van der Waals surface area contributed by atoms with Crippen molar-refractivity contribution in [1.29, 1.82) is 0 Å². The van der Waals surface area contributed by atoms with Gasteiger partial charge >= 0.3 is 29.6 Å². The van der Waals surface area contributed by atoms with E-state index in [0.717, 1.165) is 19.4 Å². The maximum Gasteiger partial charge on any atom is 1.00 e. The molecule has 1 amide bonds. The molecule has 0 aliphatic carbocycles. The summed E-state index contributed by atoms with van der Waals surface area (Å²) in [5.41, 5.74) is 0.580. The number of hydrogen-bond donors (Lipinski definition) is 1. The molecule has 0 aromatic rings. The van der Waals surface area contributed by atoms with Crippen molar-refractivity contribution in [2.24, 2.45) is 0 Å². The number of nitrogens with one attached hydrogen (secondary N) is 1. The quantitative estimate of drug-likeness (QED) is 0.310. The van der Waals surface area contributed by atoms with Crippen molar-refractivity contribution in [3.05, 3.63) is 12.2 Å². The fraction of sp³-hybridized carbons (Fsp3) is 0.625. The number of carbonyl (C=O) groups excluding carboxylic acids is 1. The Balaban J connectivity index is -0.000000405. The van der Waals surface area contributed by atoms with Crippen molar-refractivity contribution in [1.82, 2.24) is 5.32 Å². The normalized spacial score (nSPS) is 8.18. The van der Waals surface area contributed by atoms with Crippen molar-refractivity contribution in [3.8, 4) is 0 Å². The van der Waals surface area contributed by atoms with E-state index in [0.29, 0.717) is 5.57 Å². The number of rotatable bonds is 4. The Morgan fingerprint density at radius 1 is 1.64 bits per heavy atom. The van der Waals surface area contributed by atoms with Gasteiger partial charge in [0.2, 0.25) is 5.91 Å². The van der Waals surface area contributed by atoms with E-state index in [1.807, 2.05) is 0 Å². The smallest absolute Gasteiger partial charge is 1.00 e. The Morgan fingerprint density at radius 2 is 2.18 bits per heavy atom. The minimum atomic E-state index is -0.0338. The largest absolute Gasteiger partial charge is 1.00 e. The van der Waals surface area contributed by atoms with E-state index >= 15 is 0 Å². The van der Waals surface area contributed by atoms with Gasteiger partial charge in [-0.2, -0.15) is 0 Å². The van der Waals surface area contributed by atoms with Gasteiger partial charge < -0.3 is 6.74 Å². The summed E-state index contributed by atoms with van der Waals surface area (Å²) in [5, 5.41) is 2.74. The molecule has 0 atom stereocenters. The molecule has 0 aromatic carbocycles. The molecule has 0 aliphatic heterocycles. The van der Waals surface area contributed by atoms with Crippen LogP contribution in [0.15, 0.2) is 12.2 Å². The average molecular weight is 165 g/mol. The molecule has 0 radical (unpaired) electrons. The van der Waals surface area contributed by atoms with Crippen LogP contribution in [0, 0.1) is 0 Å². The average Bonchev–Trinajstić information content (AvgIpc) is 1.88. The second-order valence-electron chi connectivity index (χ2n) is 2.39. The molecule has 0 saturated carbocycles. The zero-order valence-corrected chi connectivity index (χ0v) is 9.74. The molecule has 0 bridgehead atoms. The molecule has 0 heterocycles. The molecule has 0 aromatic heterocycles. The first-order chi connectivity index (χ1) is 4.68. The van der Waals surface area contributed by atoms with Gasteiger partial charge in [0, 0.05) is 12.1 Å². The molecule has 3 heteroatoms. The monoisotopic (exact) mass is 165 g/mol. The first-order valence-electron chi connectivity index (χ1n) is 3.62. The van der Waals surface area contributed by atoms with E-state index < -0.39 is 0 Å². The fourth-order valence-corrected chi connectivity index (χ4v) is 0.530. The second kappa shape index (κ2) is 8.31. The summed E-state index contributed by atoms with van der Waals surface area (Å²) in [7, 11) is 0. The van der Waals surface area contributed by atoms with Crippen LogP contribution in [0.3, 0.4) is 0 Å². The van der Waals surface area contributed by atoms with Crippen molar-refractivity contribution in [2.75, 3.05) is 6.54 Å². The zero-order valence-electron chi connectivity index (χ0n) is 8.74. The molecule has 2 nitrogen and oxygen atoms in total. The molecule has 0 rings (SSSR count). The summed E-state index contributed by atoms with van der Waals surface area (Å²) in [4.78, 5) is 10.8. The minimum Gasteiger partial charge on any atom is -1.00 e. The first kappa shape index (κ1) is 13.8. The van der Waals surface area contributed by atoms with Crippen LogP contribution < -0.4 is 34.9 Å². The molecule has 60 valence electrons. The van der Waals surface area contributed by atoms with E-state index in [2.05, 4.69) is 18.8 Å². The van der Waals surface area contributed by atoms with Gasteiger partial charge in [-0.1, -0.05) is 19.9 Å². The number of carbonyl (C=O) groups is 1. The maximum atomic E-state index is 10.8. The van der Waals surface area contributed by atoms with E-state index in [1.165, 1.54) is 0 Å². The topological polar surface area (TPSA) is 29.1 Å². The SMILES string of the molecule is C=C(C)C(=O)NCCCC.[H-].[Na+]. The van der Waals surface area contributed by atoms with Crippen LogP contribution in [0.4, 0.5) is 0 Å². The summed E-state index contributed by atoms with van der Waals surface area (Å²) >= 11 is 0. The summed E-state index contributed by atoms with van der Waals surface area (Å²) in [5.74, 6) is -0.0338. The van der Waals surface area contributed by atoms with Gasteiger partial charge in [-0.25, -0.2) is 0 Å². The van der Waals surface area contributed by atoms with Gasteiger partial charge in [0.1, 0.15) is 0 Å². The third-order valence-electron chi connectivity index (χ3n) is 1.20. The van der Waals surface area contributed by atoms with Crippen molar-refractivity contribution < 1.29 is 35.8 Å². The Kier molecular flexibility index (Phi) is 10.4. The molecule has 1 N–H and O–H groups in total. The van der Waals surface area contributed by atoms with Gasteiger partial charge in [-0.3, -0.25) is 4.79 Å². The molecule has 0 unspecified atom stereocenters. The first-order valence-corrected chi connectivity index (χ1v) is 3.62. The summed E-state index contributed by atoms with van der Waals surface area (Å²) < 4.78 is 0. The summed E-state index contributed by atoms with van der Waals surface area (Å²) in [6, 6.07) is 0. The van der Waals surface area contributed by atoms with Gasteiger partial charge in [0.25, 0.3) is 0 Å². The van der Waals surface area contributed by atoms with Crippen LogP contribution in [0.1, 0.15) is 28.1 Å². The van der Waals surface area contributed by atoms with Gasteiger partial charge in [0.15, 0.2) is 0 Å². The molecule has 0 saturated heterocycles. The van der Waals surface area contributed by atoms with Crippen LogP contribution in [0.5, 0.6) is 0 Å².